The second-order valence-corrected chi connectivity index (χ2v) is 7.39. The summed E-state index contributed by atoms with van der Waals surface area (Å²) >= 11 is 0. The molecule has 0 aromatic carbocycles. The van der Waals surface area contributed by atoms with Crippen LogP contribution < -0.4 is 0 Å². The molecule has 0 N–H and O–H groups in total. The number of ether oxygens (including phenoxy) is 2. The van der Waals surface area contributed by atoms with Crippen molar-refractivity contribution in [1.29, 1.82) is 0 Å². The van der Waals surface area contributed by atoms with Crippen molar-refractivity contribution in [2.75, 3.05) is 13.2 Å². The molecule has 2 aliphatic carbocycles. The second kappa shape index (κ2) is 3.80. The highest BCUT2D eigenvalue weighted by Gasteiger charge is 2.56. The second-order valence-electron chi connectivity index (χ2n) is 7.39. The van der Waals surface area contributed by atoms with E-state index in [1.54, 1.807) is 0 Å². The summed E-state index contributed by atoms with van der Waals surface area (Å²) in [5.74, 6) is 0.509. The number of rotatable bonds is 0. The van der Waals surface area contributed by atoms with E-state index < -0.39 is 0 Å². The molecule has 0 amide bonds. The van der Waals surface area contributed by atoms with Crippen LogP contribution >= 0.6 is 0 Å². The van der Waals surface area contributed by atoms with Crippen LogP contribution in [0.25, 0.3) is 0 Å². The maximum absolute atomic E-state index is 12.5. The first-order valence-corrected chi connectivity index (χ1v) is 7.17. The molecule has 2 atom stereocenters. The lowest BCUT2D eigenvalue weighted by atomic mass is 9.53. The third-order valence-corrected chi connectivity index (χ3v) is 5.37. The highest BCUT2D eigenvalue weighted by atomic mass is 16.7. The monoisotopic (exact) mass is 252 g/mol. The van der Waals surface area contributed by atoms with Gasteiger partial charge in [0.2, 0.25) is 0 Å². The van der Waals surface area contributed by atoms with Crippen molar-refractivity contribution in [3.8, 4) is 0 Å². The summed E-state index contributed by atoms with van der Waals surface area (Å²) in [6, 6.07) is 0. The van der Waals surface area contributed by atoms with Crippen molar-refractivity contribution < 1.29 is 14.3 Å². The molecule has 1 saturated heterocycles. The minimum Gasteiger partial charge on any atom is -0.348 e. The normalized spacial score (nSPS) is 41.9. The van der Waals surface area contributed by atoms with Crippen molar-refractivity contribution in [3.63, 3.8) is 0 Å². The van der Waals surface area contributed by atoms with Crippen LogP contribution in [0.1, 0.15) is 52.9 Å². The number of Topliss-reactive ketones (excluding diaryl/α,β-unsaturated/α-hetero) is 1. The predicted octanol–water partition coefficient (Wildman–Crippen LogP) is 2.93. The van der Waals surface area contributed by atoms with Crippen LogP contribution in [-0.4, -0.2) is 24.8 Å². The van der Waals surface area contributed by atoms with Crippen molar-refractivity contribution in [2.45, 2.75) is 58.7 Å². The molecular formula is C15H24O3. The standard InChI is InChI=1S/C15H24O3/c1-13(2)8-11-9-15(17-6-7-18-15)5-4-14(11,3)12(16)10-13/h11H,4-10H2,1-3H3. The van der Waals surface area contributed by atoms with Gasteiger partial charge in [-0.2, -0.15) is 0 Å². The quantitative estimate of drug-likeness (QED) is 0.665. The molecule has 0 aromatic heterocycles. The van der Waals surface area contributed by atoms with Gasteiger partial charge in [-0.25, -0.2) is 0 Å². The topological polar surface area (TPSA) is 35.5 Å². The minimum absolute atomic E-state index is 0.129. The molecule has 3 heteroatoms. The fourth-order valence-electron chi connectivity index (χ4n) is 4.16. The van der Waals surface area contributed by atoms with Gasteiger partial charge in [0.05, 0.1) is 13.2 Å². The first-order chi connectivity index (χ1) is 8.35. The van der Waals surface area contributed by atoms with Gasteiger partial charge in [0, 0.05) is 24.7 Å². The number of fused-ring (bicyclic) bond motifs is 1. The van der Waals surface area contributed by atoms with E-state index in [2.05, 4.69) is 20.8 Å². The zero-order valence-corrected chi connectivity index (χ0v) is 11.8. The Morgan fingerprint density at radius 1 is 1.06 bits per heavy atom. The van der Waals surface area contributed by atoms with Crippen LogP contribution in [0.15, 0.2) is 0 Å². The largest absolute Gasteiger partial charge is 0.348 e. The Morgan fingerprint density at radius 2 is 1.72 bits per heavy atom. The zero-order valence-electron chi connectivity index (χ0n) is 11.8. The van der Waals surface area contributed by atoms with Crippen molar-refractivity contribution >= 4 is 5.78 Å². The lowest BCUT2D eigenvalue weighted by Crippen LogP contribution is -2.53. The molecule has 2 unspecified atom stereocenters. The van der Waals surface area contributed by atoms with Crippen LogP contribution in [0.2, 0.25) is 0 Å². The molecule has 1 heterocycles. The van der Waals surface area contributed by atoms with Gasteiger partial charge in [-0.05, 0) is 24.2 Å². The van der Waals surface area contributed by atoms with Crippen LogP contribution in [0, 0.1) is 16.7 Å². The average Bonchev–Trinajstić information content (AvgIpc) is 2.70. The SMILES string of the molecule is CC1(C)CC(=O)C2(C)CCC3(CC2C1)OCCO3. The highest BCUT2D eigenvalue weighted by molar-refractivity contribution is 5.86. The van der Waals surface area contributed by atoms with E-state index in [0.717, 1.165) is 32.1 Å². The molecule has 1 spiro atoms. The van der Waals surface area contributed by atoms with Gasteiger partial charge in [-0.1, -0.05) is 20.8 Å². The summed E-state index contributed by atoms with van der Waals surface area (Å²) in [6.07, 6.45) is 4.55. The van der Waals surface area contributed by atoms with E-state index in [0.29, 0.717) is 24.9 Å². The molecule has 18 heavy (non-hydrogen) atoms. The highest BCUT2D eigenvalue weighted by Crippen LogP contribution is 2.56. The smallest absolute Gasteiger partial charge is 0.168 e. The van der Waals surface area contributed by atoms with E-state index in [1.807, 2.05) is 0 Å². The Kier molecular flexibility index (Phi) is 2.66. The first kappa shape index (κ1) is 12.6. The van der Waals surface area contributed by atoms with Crippen LogP contribution in [0.4, 0.5) is 0 Å². The number of carbonyl (C=O) groups excluding carboxylic acids is 1. The van der Waals surface area contributed by atoms with E-state index in [9.17, 15) is 4.79 Å². The summed E-state index contributed by atoms with van der Waals surface area (Å²) in [5, 5.41) is 0. The van der Waals surface area contributed by atoms with Crippen LogP contribution in [-0.2, 0) is 14.3 Å². The van der Waals surface area contributed by atoms with Crippen molar-refractivity contribution in [1.82, 2.24) is 0 Å². The van der Waals surface area contributed by atoms with Crippen LogP contribution in [0.3, 0.4) is 0 Å². The minimum atomic E-state index is -0.363. The molecule has 3 aliphatic rings. The number of carbonyl (C=O) groups is 1. The molecule has 1 aliphatic heterocycles. The van der Waals surface area contributed by atoms with Gasteiger partial charge in [0.15, 0.2) is 5.79 Å². The summed E-state index contributed by atoms with van der Waals surface area (Å²) in [4.78, 5) is 12.5. The third kappa shape index (κ3) is 1.83. The molecule has 0 aromatic rings. The molecule has 3 rings (SSSR count). The number of hydrogen-bond acceptors (Lipinski definition) is 3. The van der Waals surface area contributed by atoms with E-state index in [1.165, 1.54) is 0 Å². The molecule has 2 saturated carbocycles. The third-order valence-electron chi connectivity index (χ3n) is 5.37. The predicted molar refractivity (Wildman–Crippen MR) is 68.1 cm³/mol. The summed E-state index contributed by atoms with van der Waals surface area (Å²) in [7, 11) is 0. The molecule has 0 bridgehead atoms. The molecule has 0 radical (unpaired) electrons. The number of ketones is 1. The summed E-state index contributed by atoms with van der Waals surface area (Å²) in [6.45, 7) is 8.00. The van der Waals surface area contributed by atoms with Crippen LogP contribution in [0.5, 0.6) is 0 Å². The fourth-order valence-corrected chi connectivity index (χ4v) is 4.16. The Hall–Kier alpha value is -0.410. The van der Waals surface area contributed by atoms with E-state index >= 15 is 0 Å². The zero-order chi connectivity index (χ0) is 13.0. The van der Waals surface area contributed by atoms with E-state index in [4.69, 9.17) is 9.47 Å². The van der Waals surface area contributed by atoms with Gasteiger partial charge >= 0.3 is 0 Å². The number of hydrogen-bond donors (Lipinski definition) is 0. The average molecular weight is 252 g/mol. The van der Waals surface area contributed by atoms with Gasteiger partial charge in [0.25, 0.3) is 0 Å². The lowest BCUT2D eigenvalue weighted by Gasteiger charge is -2.52. The van der Waals surface area contributed by atoms with Gasteiger partial charge in [-0.15, -0.1) is 0 Å². The fraction of sp³-hybridized carbons (Fsp3) is 0.933. The van der Waals surface area contributed by atoms with E-state index in [-0.39, 0.29) is 16.6 Å². The Balaban J connectivity index is 1.86. The molecule has 102 valence electrons. The van der Waals surface area contributed by atoms with Gasteiger partial charge < -0.3 is 9.47 Å². The Morgan fingerprint density at radius 3 is 2.39 bits per heavy atom. The summed E-state index contributed by atoms with van der Waals surface area (Å²) < 4.78 is 11.7. The maximum atomic E-state index is 12.5. The molecule has 3 fully saturated rings. The first-order valence-electron chi connectivity index (χ1n) is 7.17. The van der Waals surface area contributed by atoms with Gasteiger partial charge in [-0.3, -0.25) is 4.79 Å². The molecular weight excluding hydrogens is 228 g/mol. The Bertz CT molecular complexity index is 368. The van der Waals surface area contributed by atoms with Crippen molar-refractivity contribution in [2.24, 2.45) is 16.7 Å². The Labute approximate surface area is 109 Å². The summed E-state index contributed by atoms with van der Waals surface area (Å²) in [5.41, 5.74) is 0.00841. The maximum Gasteiger partial charge on any atom is 0.168 e. The lowest BCUT2D eigenvalue weighted by molar-refractivity contribution is -0.213. The van der Waals surface area contributed by atoms with Crippen molar-refractivity contribution in [3.05, 3.63) is 0 Å². The van der Waals surface area contributed by atoms with Gasteiger partial charge in [0.1, 0.15) is 5.78 Å². The molecule has 3 nitrogen and oxygen atoms in total.